The third kappa shape index (κ3) is 10.8. The van der Waals surface area contributed by atoms with Crippen molar-refractivity contribution in [3.63, 3.8) is 0 Å². The van der Waals surface area contributed by atoms with Gasteiger partial charge in [0.05, 0.1) is 44.6 Å². The molecule has 14 nitrogen and oxygen atoms in total. The molecule has 1 unspecified atom stereocenters. The number of methoxy groups -OCH3 is 1. The molecule has 14 heteroatoms. The number of Topliss-reactive ketones (excluding diaryl/α,β-unsaturated/α-hetero) is 1. The Kier molecular flexibility index (Phi) is 15.5. The maximum absolute atomic E-state index is 14.8. The average molecular weight is 1020 g/mol. The predicted octanol–water partition coefficient (Wildman–Crippen LogP) is 9.03. The summed E-state index contributed by atoms with van der Waals surface area (Å²) in [5, 5.41) is 36.3. The van der Waals surface area contributed by atoms with E-state index in [0.29, 0.717) is 42.0 Å². The van der Waals surface area contributed by atoms with Crippen molar-refractivity contribution in [1.29, 1.82) is 0 Å². The molecule has 75 heavy (non-hydrogen) atoms. The van der Waals surface area contributed by atoms with Crippen LogP contribution in [0, 0.1) is 5.92 Å². The van der Waals surface area contributed by atoms with Crippen LogP contribution >= 0.6 is 0 Å². The number of phenolic OH excluding ortho intramolecular Hbond substituents is 1. The number of phenols is 1. The number of aryl methyl sites for hydroxylation is 2. The van der Waals surface area contributed by atoms with E-state index in [1.807, 2.05) is 36.4 Å². The van der Waals surface area contributed by atoms with Crippen LogP contribution in [0.2, 0.25) is 0 Å². The fraction of sp³-hybridized carbons (Fsp3) is 0.377. The molecule has 392 valence electrons. The number of ether oxygens (including phenoxy) is 4. The number of H-pyrrole nitrogens is 1. The van der Waals surface area contributed by atoms with E-state index in [-0.39, 0.29) is 78.7 Å². The molecule has 1 aromatic heterocycles. The summed E-state index contributed by atoms with van der Waals surface area (Å²) in [4.78, 5) is 26.1. The SMILES string of the molecule is CCc1cc2c([nH]1)N1CCNC[C@@H]1C1(CCCC1)c1ccc(c(N=C(N)N)c1)C[C@H](CO)COc1c(c3c(c(OCC[C@@H](O)/C=C/c4ccccc4)c1OC)C(=O)CC(c1ccc(O)cc1)O3)CCc1cccc-2c1. The van der Waals surface area contributed by atoms with E-state index in [4.69, 9.17) is 35.4 Å². The number of aliphatic imine (C=N–C) groups is 1. The summed E-state index contributed by atoms with van der Waals surface area (Å²) in [5.41, 5.74) is 21.9. The van der Waals surface area contributed by atoms with Crippen LogP contribution in [0.4, 0.5) is 11.5 Å². The van der Waals surface area contributed by atoms with Gasteiger partial charge in [-0.15, -0.1) is 0 Å². The van der Waals surface area contributed by atoms with Gasteiger partial charge in [0.25, 0.3) is 0 Å². The van der Waals surface area contributed by atoms with E-state index in [9.17, 15) is 20.1 Å². The van der Waals surface area contributed by atoms with Crippen LogP contribution in [-0.2, 0) is 31.1 Å². The molecule has 4 aliphatic heterocycles. The second-order valence-corrected chi connectivity index (χ2v) is 20.5. The molecule has 5 aromatic carbocycles. The van der Waals surface area contributed by atoms with Crippen LogP contribution in [0.5, 0.6) is 28.7 Å². The summed E-state index contributed by atoms with van der Waals surface area (Å²) in [6.07, 6.45) is 8.64. The highest BCUT2D eigenvalue weighted by atomic mass is 16.5. The van der Waals surface area contributed by atoms with Gasteiger partial charge < -0.3 is 60.9 Å². The third-order valence-electron chi connectivity index (χ3n) is 15.7. The number of nitrogens with one attached hydrogen (secondary N) is 2. The first-order chi connectivity index (χ1) is 36.5. The van der Waals surface area contributed by atoms with Gasteiger partial charge in [-0.05, 0) is 96.2 Å². The first kappa shape index (κ1) is 51.2. The number of anilines is 1. The number of carbonyl (C=O) groups is 1. The summed E-state index contributed by atoms with van der Waals surface area (Å²) in [6.45, 7) is 4.52. The monoisotopic (exact) mass is 1010 g/mol. The van der Waals surface area contributed by atoms with E-state index < -0.39 is 18.1 Å². The Morgan fingerprint density at radius 1 is 0.960 bits per heavy atom. The van der Waals surface area contributed by atoms with Gasteiger partial charge in [0.1, 0.15) is 29.0 Å². The van der Waals surface area contributed by atoms with Gasteiger partial charge in [0.15, 0.2) is 23.2 Å². The number of rotatable bonds is 11. The second kappa shape index (κ2) is 22.7. The number of carbonyl (C=O) groups excluding carboxylic acids is 1. The number of aromatic nitrogens is 1. The number of guanidine groups is 1. The lowest BCUT2D eigenvalue weighted by Crippen LogP contribution is -2.60. The number of benzene rings is 5. The van der Waals surface area contributed by atoms with Crippen molar-refractivity contribution in [2.24, 2.45) is 22.4 Å². The summed E-state index contributed by atoms with van der Waals surface area (Å²) in [7, 11) is 1.52. The molecule has 1 saturated carbocycles. The molecule has 6 aromatic rings. The van der Waals surface area contributed by atoms with Crippen molar-refractivity contribution < 1.29 is 39.1 Å². The van der Waals surface area contributed by atoms with Gasteiger partial charge in [0, 0.05) is 60.8 Å². The molecular formula is C61H70N6O8. The number of piperazine rings is 1. The molecule has 9 N–H and O–H groups in total. The average Bonchev–Trinajstić information content (AvgIpc) is 4.11. The molecule has 11 rings (SSSR count). The molecule has 5 heterocycles. The number of nitrogens with zero attached hydrogens (tertiary/aromatic N) is 2. The Morgan fingerprint density at radius 2 is 1.77 bits per heavy atom. The number of fused-ring (bicyclic) bond motifs is 7. The Bertz CT molecular complexity index is 3030. The van der Waals surface area contributed by atoms with Crippen molar-refractivity contribution in [1.82, 2.24) is 10.3 Å². The number of nitrogens with two attached hydrogens (primary N) is 2. The lowest BCUT2D eigenvalue weighted by Gasteiger charge is -2.48. The minimum Gasteiger partial charge on any atom is -0.508 e. The van der Waals surface area contributed by atoms with Crippen LogP contribution in [0.25, 0.3) is 17.2 Å². The first-order valence-corrected chi connectivity index (χ1v) is 26.6. The summed E-state index contributed by atoms with van der Waals surface area (Å²) in [6, 6.07) is 34.1. The fourth-order valence-corrected chi connectivity index (χ4v) is 11.9. The Balaban J connectivity index is 1.12. The van der Waals surface area contributed by atoms with Crippen LogP contribution < -0.4 is 40.6 Å². The van der Waals surface area contributed by atoms with E-state index >= 15 is 0 Å². The fourth-order valence-electron chi connectivity index (χ4n) is 11.9. The number of hydrogen-bond acceptors (Lipinski definition) is 11. The maximum Gasteiger partial charge on any atom is 0.204 e. The van der Waals surface area contributed by atoms with E-state index in [0.717, 1.165) is 96.6 Å². The predicted molar refractivity (Wildman–Crippen MR) is 294 cm³/mol. The van der Waals surface area contributed by atoms with Gasteiger partial charge in [-0.1, -0.05) is 111 Å². The zero-order chi connectivity index (χ0) is 52.1. The zero-order valence-corrected chi connectivity index (χ0v) is 43.0. The minimum absolute atomic E-state index is 0.00126. The molecule has 4 atom stereocenters. The van der Waals surface area contributed by atoms with Gasteiger partial charge in [-0.25, -0.2) is 4.99 Å². The standard InChI is InChI=1S/C61H70N6O8/c1-3-45-33-49-42-13-9-12-39(30-42)15-23-48-55-54(51(71)34-52(75-55)41-17-21-46(69)22-18-41)57(73-29-24-47(70)20-14-38-10-5-4-6-11-38)58(72-2)56(48)74-37-40(36-68)31-43-16-19-44(32-50(43)66-60(62)63)61(25-7-8-26-61)53-35-64-27-28-67(53)59(49)65-45/h4-6,9-14,16-22,30,32-33,40,47,52-53,64-65,68-70H,3,7-8,15,23-29,31,34-37H2,1-2H3,(H4,62,63,66)/b20-14+/t40-,47+,52?,53-/m1/s1. The number of aliphatic hydroxyl groups excluding tert-OH is 2. The Hall–Kier alpha value is -7.26. The smallest absolute Gasteiger partial charge is 0.204 e. The highest BCUT2D eigenvalue weighted by Crippen LogP contribution is 2.54. The molecule has 1 aliphatic carbocycles. The van der Waals surface area contributed by atoms with Crippen LogP contribution in [0.3, 0.4) is 0 Å². The van der Waals surface area contributed by atoms with Crippen LogP contribution in [-0.4, -0.2) is 90.8 Å². The molecule has 0 radical (unpaired) electrons. The maximum atomic E-state index is 14.8. The highest BCUT2D eigenvalue weighted by Gasteiger charge is 2.47. The quantitative estimate of drug-likeness (QED) is 0.0479. The zero-order valence-electron chi connectivity index (χ0n) is 43.0. The largest absolute Gasteiger partial charge is 0.508 e. The van der Waals surface area contributed by atoms with Crippen molar-refractivity contribution in [2.45, 2.75) is 94.8 Å². The lowest BCUT2D eigenvalue weighted by atomic mass is 9.71. The van der Waals surface area contributed by atoms with Gasteiger partial charge in [0.2, 0.25) is 5.75 Å². The first-order valence-electron chi connectivity index (χ1n) is 26.6. The van der Waals surface area contributed by atoms with Crippen molar-refractivity contribution in [3.8, 4) is 39.9 Å². The highest BCUT2D eigenvalue weighted by molar-refractivity contribution is 6.04. The van der Waals surface area contributed by atoms with E-state index in [2.05, 4.69) is 70.7 Å². The molecule has 4 bridgehead atoms. The summed E-state index contributed by atoms with van der Waals surface area (Å²) < 4.78 is 26.8. The number of ketones is 1. The molecule has 2 fully saturated rings. The molecule has 1 spiro atoms. The van der Waals surface area contributed by atoms with Crippen molar-refractivity contribution in [2.75, 3.05) is 51.5 Å². The van der Waals surface area contributed by atoms with Crippen LogP contribution in [0.1, 0.15) is 101 Å². The third-order valence-corrected chi connectivity index (χ3v) is 15.7. The van der Waals surface area contributed by atoms with E-state index in [1.54, 1.807) is 30.3 Å². The van der Waals surface area contributed by atoms with Crippen molar-refractivity contribution in [3.05, 3.63) is 154 Å². The molecule has 5 aliphatic rings. The van der Waals surface area contributed by atoms with Gasteiger partial charge in [-0.2, -0.15) is 0 Å². The topological polar surface area (TPSA) is 210 Å². The lowest BCUT2D eigenvalue weighted by molar-refractivity contribution is 0.0834. The molecular weight excluding hydrogens is 945 g/mol. The number of hydrogen-bond donors (Lipinski definition) is 7. The Labute approximate surface area is 439 Å². The number of aromatic hydroxyl groups is 1. The molecule has 0 amide bonds. The van der Waals surface area contributed by atoms with Crippen LogP contribution in [0.15, 0.2) is 114 Å². The second-order valence-electron chi connectivity index (χ2n) is 20.5. The van der Waals surface area contributed by atoms with Crippen molar-refractivity contribution >= 4 is 29.3 Å². The van der Waals surface area contributed by atoms with E-state index in [1.165, 1.54) is 12.7 Å². The summed E-state index contributed by atoms with van der Waals surface area (Å²) >= 11 is 0. The normalized spacial score (nSPS) is 19.8. The molecule has 1 saturated heterocycles. The van der Waals surface area contributed by atoms with Gasteiger partial charge >= 0.3 is 0 Å². The number of aliphatic hydroxyl groups is 2. The minimum atomic E-state index is -0.848. The summed E-state index contributed by atoms with van der Waals surface area (Å²) in [5.74, 6) is 1.50. The number of aromatic amines is 1. The Morgan fingerprint density at radius 3 is 2.53 bits per heavy atom. The van der Waals surface area contributed by atoms with Gasteiger partial charge in [-0.3, -0.25) is 4.79 Å².